The van der Waals surface area contributed by atoms with Gasteiger partial charge in [-0.05, 0) is 43.7 Å². The molecule has 25 heavy (non-hydrogen) atoms. The quantitative estimate of drug-likeness (QED) is 0.679. The molecule has 1 atom stereocenters. The highest BCUT2D eigenvalue weighted by molar-refractivity contribution is 5.99. The predicted octanol–water partition coefficient (Wildman–Crippen LogP) is 3.55. The second-order valence-corrected chi connectivity index (χ2v) is 5.66. The van der Waals surface area contributed by atoms with Crippen molar-refractivity contribution in [3.05, 3.63) is 66.4 Å². The van der Waals surface area contributed by atoms with Gasteiger partial charge in [-0.3, -0.25) is 5.32 Å². The topological polar surface area (TPSA) is 92.1 Å². The van der Waals surface area contributed by atoms with Gasteiger partial charge in [-0.25, -0.2) is 14.8 Å². The van der Waals surface area contributed by atoms with E-state index in [1.807, 2.05) is 37.4 Å². The van der Waals surface area contributed by atoms with Crippen LogP contribution < -0.4 is 10.6 Å². The first-order valence-corrected chi connectivity index (χ1v) is 7.85. The van der Waals surface area contributed by atoms with Gasteiger partial charge in [0.25, 0.3) is 0 Å². The average molecular weight is 337 g/mol. The third kappa shape index (κ3) is 3.95. The molecule has 7 nitrogen and oxygen atoms in total. The number of hydrogen-bond donors (Lipinski definition) is 3. The number of aryl methyl sites for hydroxylation is 1. The molecule has 0 bridgehead atoms. The normalized spacial score (nSPS) is 11.8. The monoisotopic (exact) mass is 337 g/mol. The van der Waals surface area contributed by atoms with Gasteiger partial charge in [0, 0.05) is 18.1 Å². The maximum Gasteiger partial charge on any atom is 0.324 e. The summed E-state index contributed by atoms with van der Waals surface area (Å²) in [4.78, 5) is 20.1. The lowest BCUT2D eigenvalue weighted by atomic mass is 10.1. The summed E-state index contributed by atoms with van der Waals surface area (Å²) in [6.07, 6.45) is 5.00. The summed E-state index contributed by atoms with van der Waals surface area (Å²) in [5.41, 5.74) is 1.79. The van der Waals surface area contributed by atoms with Crippen LogP contribution in [0.3, 0.4) is 0 Å². The van der Waals surface area contributed by atoms with Crippen molar-refractivity contribution >= 4 is 17.5 Å². The Morgan fingerprint density at radius 3 is 2.48 bits per heavy atom. The van der Waals surface area contributed by atoms with Crippen LogP contribution in [0.1, 0.15) is 24.4 Å². The van der Waals surface area contributed by atoms with E-state index < -0.39 is 6.03 Å². The number of hydrogen-bond acceptors (Lipinski definition) is 4. The SMILES string of the molecule is Cc1nccn1[C@@H](C)c1ccc(NC(=O)Nc2ccc(O)cn2)cc1. The number of aromatic hydroxyl groups is 1. The van der Waals surface area contributed by atoms with Crippen molar-refractivity contribution in [2.75, 3.05) is 10.6 Å². The Kier molecular flexibility index (Phi) is 4.65. The van der Waals surface area contributed by atoms with Gasteiger partial charge in [-0.1, -0.05) is 12.1 Å². The van der Waals surface area contributed by atoms with Crippen LogP contribution in [-0.4, -0.2) is 25.7 Å². The first kappa shape index (κ1) is 16.5. The Hall–Kier alpha value is -3.35. The average Bonchev–Trinajstić information content (AvgIpc) is 3.03. The minimum Gasteiger partial charge on any atom is -0.506 e. The number of carbonyl (C=O) groups excluding carboxylic acids is 1. The molecule has 2 heterocycles. The summed E-state index contributed by atoms with van der Waals surface area (Å²) in [6, 6.07) is 10.4. The Labute approximate surface area is 145 Å². The number of imidazole rings is 1. The van der Waals surface area contributed by atoms with Crippen LogP contribution in [0.4, 0.5) is 16.3 Å². The summed E-state index contributed by atoms with van der Waals surface area (Å²) in [6.45, 7) is 4.06. The number of nitrogens with one attached hydrogen (secondary N) is 2. The van der Waals surface area contributed by atoms with Gasteiger partial charge in [-0.2, -0.15) is 0 Å². The summed E-state index contributed by atoms with van der Waals surface area (Å²) in [5.74, 6) is 1.36. The summed E-state index contributed by atoms with van der Waals surface area (Å²) < 4.78 is 2.09. The lowest BCUT2D eigenvalue weighted by Crippen LogP contribution is -2.20. The van der Waals surface area contributed by atoms with Crippen LogP contribution in [-0.2, 0) is 0 Å². The van der Waals surface area contributed by atoms with E-state index in [2.05, 4.69) is 32.1 Å². The molecule has 128 valence electrons. The second-order valence-electron chi connectivity index (χ2n) is 5.66. The Morgan fingerprint density at radius 1 is 1.12 bits per heavy atom. The van der Waals surface area contributed by atoms with Crippen molar-refractivity contribution in [2.24, 2.45) is 0 Å². The molecule has 2 aromatic heterocycles. The standard InChI is InChI=1S/C18H19N5O2/c1-12(23-10-9-19-13(23)2)14-3-5-15(6-4-14)21-18(25)22-17-8-7-16(24)11-20-17/h3-12,24H,1-2H3,(H2,20,21,22,25)/t12-/m0/s1. The number of aromatic nitrogens is 3. The molecule has 0 aliphatic heterocycles. The third-order valence-electron chi connectivity index (χ3n) is 3.92. The Morgan fingerprint density at radius 2 is 1.88 bits per heavy atom. The van der Waals surface area contributed by atoms with E-state index in [9.17, 15) is 9.90 Å². The predicted molar refractivity (Wildman–Crippen MR) is 95.8 cm³/mol. The zero-order valence-corrected chi connectivity index (χ0v) is 14.0. The smallest absolute Gasteiger partial charge is 0.324 e. The van der Waals surface area contributed by atoms with E-state index in [1.165, 1.54) is 18.3 Å². The number of benzene rings is 1. The number of rotatable bonds is 4. The molecule has 0 radical (unpaired) electrons. The number of urea groups is 1. The van der Waals surface area contributed by atoms with Crippen LogP contribution in [0.2, 0.25) is 0 Å². The molecule has 0 aliphatic rings. The maximum atomic E-state index is 12.0. The van der Waals surface area contributed by atoms with E-state index in [1.54, 1.807) is 6.20 Å². The fourth-order valence-corrected chi connectivity index (χ4v) is 2.54. The highest BCUT2D eigenvalue weighted by Gasteiger charge is 2.10. The van der Waals surface area contributed by atoms with Gasteiger partial charge >= 0.3 is 6.03 Å². The van der Waals surface area contributed by atoms with E-state index in [0.717, 1.165) is 11.4 Å². The van der Waals surface area contributed by atoms with Crippen LogP contribution in [0.25, 0.3) is 0 Å². The fourth-order valence-electron chi connectivity index (χ4n) is 2.54. The number of nitrogens with zero attached hydrogens (tertiary/aromatic N) is 3. The number of carbonyl (C=O) groups is 1. The largest absolute Gasteiger partial charge is 0.506 e. The van der Waals surface area contributed by atoms with Crippen LogP contribution in [0.15, 0.2) is 55.0 Å². The van der Waals surface area contributed by atoms with Gasteiger partial charge in [0.2, 0.25) is 0 Å². The number of amides is 2. The number of pyridine rings is 1. The molecule has 3 rings (SSSR count). The molecule has 0 saturated carbocycles. The van der Waals surface area contributed by atoms with Gasteiger partial charge in [0.1, 0.15) is 17.4 Å². The van der Waals surface area contributed by atoms with E-state index in [0.29, 0.717) is 11.5 Å². The van der Waals surface area contributed by atoms with Crippen molar-refractivity contribution in [1.82, 2.24) is 14.5 Å². The molecule has 0 saturated heterocycles. The second kappa shape index (κ2) is 7.04. The zero-order chi connectivity index (χ0) is 17.8. The molecule has 0 fully saturated rings. The molecule has 0 unspecified atom stereocenters. The molecule has 2 amide bonds. The summed E-state index contributed by atoms with van der Waals surface area (Å²) >= 11 is 0. The van der Waals surface area contributed by atoms with E-state index >= 15 is 0 Å². The van der Waals surface area contributed by atoms with Crippen LogP contribution >= 0.6 is 0 Å². The molecule has 7 heteroatoms. The van der Waals surface area contributed by atoms with E-state index in [4.69, 9.17) is 0 Å². The molecule has 3 N–H and O–H groups in total. The maximum absolute atomic E-state index is 12.0. The van der Waals surface area contributed by atoms with Gasteiger partial charge in [0.05, 0.1) is 12.2 Å². The first-order chi connectivity index (χ1) is 12.0. The summed E-state index contributed by atoms with van der Waals surface area (Å²) in [5, 5.41) is 14.5. The van der Waals surface area contributed by atoms with Crippen molar-refractivity contribution in [3.63, 3.8) is 0 Å². The third-order valence-corrected chi connectivity index (χ3v) is 3.92. The van der Waals surface area contributed by atoms with Crippen molar-refractivity contribution < 1.29 is 9.90 Å². The molecular weight excluding hydrogens is 318 g/mol. The lowest BCUT2D eigenvalue weighted by Gasteiger charge is -2.16. The minimum atomic E-state index is -0.399. The van der Waals surface area contributed by atoms with Crippen LogP contribution in [0.5, 0.6) is 5.75 Å². The van der Waals surface area contributed by atoms with Crippen LogP contribution in [0, 0.1) is 6.92 Å². The van der Waals surface area contributed by atoms with Crippen molar-refractivity contribution in [1.29, 1.82) is 0 Å². The molecule has 0 spiro atoms. The van der Waals surface area contributed by atoms with Gasteiger partial charge in [-0.15, -0.1) is 0 Å². The van der Waals surface area contributed by atoms with Gasteiger partial charge < -0.3 is 15.0 Å². The molecule has 0 aliphatic carbocycles. The van der Waals surface area contributed by atoms with E-state index in [-0.39, 0.29) is 11.8 Å². The Bertz CT molecular complexity index is 856. The summed E-state index contributed by atoms with van der Waals surface area (Å²) in [7, 11) is 0. The Balaban J connectivity index is 1.63. The van der Waals surface area contributed by atoms with Gasteiger partial charge in [0.15, 0.2) is 0 Å². The highest BCUT2D eigenvalue weighted by atomic mass is 16.3. The molecule has 3 aromatic rings. The first-order valence-electron chi connectivity index (χ1n) is 7.85. The fraction of sp³-hybridized carbons (Fsp3) is 0.167. The van der Waals surface area contributed by atoms with Crippen molar-refractivity contribution in [2.45, 2.75) is 19.9 Å². The molecular formula is C18H19N5O2. The number of anilines is 2. The molecule has 1 aromatic carbocycles. The highest BCUT2D eigenvalue weighted by Crippen LogP contribution is 2.21. The van der Waals surface area contributed by atoms with Crippen molar-refractivity contribution in [3.8, 4) is 5.75 Å². The zero-order valence-electron chi connectivity index (χ0n) is 14.0. The minimum absolute atomic E-state index is 0.0452. The lowest BCUT2D eigenvalue weighted by molar-refractivity contribution is 0.262.